The SMILES string of the molecule is COCc1cc(NC(=O)c2cnn3c2CCCC3)cc(C(=O)O)c1. The summed E-state index contributed by atoms with van der Waals surface area (Å²) in [4.78, 5) is 23.8. The summed E-state index contributed by atoms with van der Waals surface area (Å²) in [5.74, 6) is -1.32. The van der Waals surface area contributed by atoms with E-state index in [0.29, 0.717) is 16.8 Å². The van der Waals surface area contributed by atoms with Gasteiger partial charge in [0.1, 0.15) is 0 Å². The summed E-state index contributed by atoms with van der Waals surface area (Å²) in [6.45, 7) is 1.10. The molecule has 2 aromatic rings. The van der Waals surface area contributed by atoms with Crippen molar-refractivity contribution in [2.75, 3.05) is 12.4 Å². The number of fused-ring (bicyclic) bond motifs is 1. The maximum atomic E-state index is 12.6. The van der Waals surface area contributed by atoms with Crippen molar-refractivity contribution in [2.45, 2.75) is 32.4 Å². The summed E-state index contributed by atoms with van der Waals surface area (Å²) >= 11 is 0. The fourth-order valence-corrected chi connectivity index (χ4v) is 2.95. The third kappa shape index (κ3) is 3.30. The first-order valence-corrected chi connectivity index (χ1v) is 7.80. The van der Waals surface area contributed by atoms with Crippen molar-refractivity contribution in [1.82, 2.24) is 9.78 Å². The zero-order valence-electron chi connectivity index (χ0n) is 13.4. The number of aromatic carboxylic acids is 1. The number of amides is 1. The number of ether oxygens (including phenoxy) is 1. The lowest BCUT2D eigenvalue weighted by molar-refractivity contribution is 0.0696. The molecule has 7 heteroatoms. The average Bonchev–Trinajstić information content (AvgIpc) is 2.99. The highest BCUT2D eigenvalue weighted by Gasteiger charge is 2.20. The smallest absolute Gasteiger partial charge is 0.335 e. The standard InChI is InChI=1S/C17H19N3O4/c1-24-10-11-6-12(17(22)23)8-13(7-11)19-16(21)14-9-18-20-5-3-2-4-15(14)20/h6-9H,2-5,10H2,1H3,(H,19,21)(H,22,23). The number of methoxy groups -OCH3 is 1. The Morgan fingerprint density at radius 2 is 2.17 bits per heavy atom. The zero-order chi connectivity index (χ0) is 17.1. The second-order valence-corrected chi connectivity index (χ2v) is 5.80. The summed E-state index contributed by atoms with van der Waals surface area (Å²) in [6, 6.07) is 4.68. The number of anilines is 1. The Morgan fingerprint density at radius 1 is 1.33 bits per heavy atom. The van der Waals surface area contributed by atoms with E-state index in [1.54, 1.807) is 12.3 Å². The van der Waals surface area contributed by atoms with Gasteiger partial charge in [-0.2, -0.15) is 5.10 Å². The van der Waals surface area contributed by atoms with Crippen molar-refractivity contribution in [3.63, 3.8) is 0 Å². The van der Waals surface area contributed by atoms with Gasteiger partial charge in [-0.1, -0.05) is 0 Å². The number of carbonyl (C=O) groups excluding carboxylic acids is 1. The Hall–Kier alpha value is -2.67. The highest BCUT2D eigenvalue weighted by molar-refractivity contribution is 6.05. The normalized spacial score (nSPS) is 13.4. The van der Waals surface area contributed by atoms with Gasteiger partial charge in [0.05, 0.1) is 29.6 Å². The van der Waals surface area contributed by atoms with E-state index in [1.165, 1.54) is 19.2 Å². The topological polar surface area (TPSA) is 93.5 Å². The molecule has 0 fully saturated rings. The van der Waals surface area contributed by atoms with Crippen LogP contribution in [0.1, 0.15) is 44.8 Å². The molecule has 0 aliphatic carbocycles. The van der Waals surface area contributed by atoms with Crippen molar-refractivity contribution in [2.24, 2.45) is 0 Å². The molecule has 1 aromatic heterocycles. The van der Waals surface area contributed by atoms with Crippen LogP contribution in [0.4, 0.5) is 5.69 Å². The van der Waals surface area contributed by atoms with E-state index in [2.05, 4.69) is 10.4 Å². The average molecular weight is 329 g/mol. The van der Waals surface area contributed by atoms with Crippen LogP contribution in [0.5, 0.6) is 0 Å². The number of nitrogens with one attached hydrogen (secondary N) is 1. The van der Waals surface area contributed by atoms with E-state index in [4.69, 9.17) is 4.74 Å². The first kappa shape index (κ1) is 16.2. The van der Waals surface area contributed by atoms with Crippen LogP contribution in [0.15, 0.2) is 24.4 Å². The van der Waals surface area contributed by atoms with Gasteiger partial charge in [-0.25, -0.2) is 4.79 Å². The molecule has 0 radical (unpaired) electrons. The molecule has 7 nitrogen and oxygen atoms in total. The van der Waals surface area contributed by atoms with Crippen LogP contribution in [0.3, 0.4) is 0 Å². The van der Waals surface area contributed by atoms with Crippen molar-refractivity contribution in [3.05, 3.63) is 46.8 Å². The first-order valence-electron chi connectivity index (χ1n) is 7.80. The Bertz CT molecular complexity index is 782. The molecular formula is C17H19N3O4. The van der Waals surface area contributed by atoms with Crippen LogP contribution in [-0.4, -0.2) is 33.9 Å². The van der Waals surface area contributed by atoms with Gasteiger partial charge >= 0.3 is 5.97 Å². The molecule has 3 rings (SSSR count). The van der Waals surface area contributed by atoms with Gasteiger partial charge in [0, 0.05) is 19.3 Å². The summed E-state index contributed by atoms with van der Waals surface area (Å²) in [5, 5.41) is 16.2. The minimum absolute atomic E-state index is 0.108. The maximum Gasteiger partial charge on any atom is 0.335 e. The van der Waals surface area contributed by atoms with E-state index < -0.39 is 5.97 Å². The minimum Gasteiger partial charge on any atom is -0.478 e. The molecule has 0 atom stereocenters. The van der Waals surface area contributed by atoms with Gasteiger partial charge in [-0.15, -0.1) is 0 Å². The molecule has 1 amide bonds. The van der Waals surface area contributed by atoms with Crippen molar-refractivity contribution >= 4 is 17.6 Å². The van der Waals surface area contributed by atoms with E-state index in [0.717, 1.165) is 31.5 Å². The van der Waals surface area contributed by atoms with Gasteiger partial charge in [0.15, 0.2) is 0 Å². The highest BCUT2D eigenvalue weighted by Crippen LogP contribution is 2.21. The molecule has 0 saturated heterocycles. The lowest BCUT2D eigenvalue weighted by Gasteiger charge is -2.15. The number of benzene rings is 1. The second kappa shape index (κ2) is 6.84. The fourth-order valence-electron chi connectivity index (χ4n) is 2.95. The highest BCUT2D eigenvalue weighted by atomic mass is 16.5. The largest absolute Gasteiger partial charge is 0.478 e. The number of nitrogens with zero attached hydrogens (tertiary/aromatic N) is 2. The van der Waals surface area contributed by atoms with Crippen LogP contribution < -0.4 is 5.32 Å². The third-order valence-corrected chi connectivity index (χ3v) is 4.04. The molecule has 1 aliphatic rings. The first-order chi connectivity index (χ1) is 11.6. The number of rotatable bonds is 5. The molecule has 0 unspecified atom stereocenters. The Labute approximate surface area is 139 Å². The van der Waals surface area contributed by atoms with Crippen molar-refractivity contribution in [3.8, 4) is 0 Å². The van der Waals surface area contributed by atoms with E-state index >= 15 is 0 Å². The van der Waals surface area contributed by atoms with Gasteiger partial charge in [-0.05, 0) is 43.0 Å². The molecule has 1 aromatic carbocycles. The number of carboxylic acids is 1. The molecule has 0 saturated carbocycles. The minimum atomic E-state index is -1.05. The number of carbonyl (C=O) groups is 2. The molecule has 0 spiro atoms. The van der Waals surface area contributed by atoms with Crippen molar-refractivity contribution in [1.29, 1.82) is 0 Å². The molecule has 0 bridgehead atoms. The second-order valence-electron chi connectivity index (χ2n) is 5.80. The Kier molecular flexibility index (Phi) is 4.61. The lowest BCUT2D eigenvalue weighted by Crippen LogP contribution is -2.18. The van der Waals surface area contributed by atoms with Crippen molar-refractivity contribution < 1.29 is 19.4 Å². The third-order valence-electron chi connectivity index (χ3n) is 4.04. The number of hydrogen-bond donors (Lipinski definition) is 2. The van der Waals surface area contributed by atoms with Gasteiger partial charge < -0.3 is 15.2 Å². The van der Waals surface area contributed by atoms with Gasteiger partial charge in [0.25, 0.3) is 5.91 Å². The molecule has 2 heterocycles. The van der Waals surface area contributed by atoms with Crippen LogP contribution in [0.2, 0.25) is 0 Å². The monoisotopic (exact) mass is 329 g/mol. The lowest BCUT2D eigenvalue weighted by atomic mass is 10.1. The number of aryl methyl sites for hydroxylation is 1. The summed E-state index contributed by atoms with van der Waals surface area (Å²) in [7, 11) is 1.53. The van der Waals surface area contributed by atoms with Crippen LogP contribution in [0, 0.1) is 0 Å². The molecule has 126 valence electrons. The quantitative estimate of drug-likeness (QED) is 0.878. The molecule has 24 heavy (non-hydrogen) atoms. The summed E-state index contributed by atoms with van der Waals surface area (Å²) < 4.78 is 6.91. The fraction of sp³-hybridized carbons (Fsp3) is 0.353. The summed E-state index contributed by atoms with van der Waals surface area (Å²) in [6.07, 6.45) is 4.51. The van der Waals surface area contributed by atoms with E-state index in [9.17, 15) is 14.7 Å². The predicted molar refractivity (Wildman–Crippen MR) is 87.2 cm³/mol. The Morgan fingerprint density at radius 3 is 2.92 bits per heavy atom. The number of hydrogen-bond acceptors (Lipinski definition) is 4. The van der Waals surface area contributed by atoms with Gasteiger partial charge in [0.2, 0.25) is 0 Å². The van der Waals surface area contributed by atoms with E-state index in [1.807, 2.05) is 4.68 Å². The Balaban J connectivity index is 1.86. The molecular weight excluding hydrogens is 310 g/mol. The van der Waals surface area contributed by atoms with Crippen LogP contribution >= 0.6 is 0 Å². The van der Waals surface area contributed by atoms with Crippen LogP contribution in [0.25, 0.3) is 0 Å². The number of carboxylic acid groups (broad SMARTS) is 1. The predicted octanol–water partition coefficient (Wildman–Crippen LogP) is 2.32. The number of aromatic nitrogens is 2. The zero-order valence-corrected chi connectivity index (χ0v) is 13.4. The maximum absolute atomic E-state index is 12.6. The van der Waals surface area contributed by atoms with Gasteiger partial charge in [-0.3, -0.25) is 9.48 Å². The van der Waals surface area contributed by atoms with E-state index in [-0.39, 0.29) is 18.1 Å². The summed E-state index contributed by atoms with van der Waals surface area (Å²) in [5.41, 5.74) is 2.71. The molecule has 2 N–H and O–H groups in total. The van der Waals surface area contributed by atoms with Crippen LogP contribution in [-0.2, 0) is 24.3 Å². The molecule has 1 aliphatic heterocycles.